The molecular formula is C35H66O8. The van der Waals surface area contributed by atoms with Gasteiger partial charge in [0.1, 0.15) is 6.10 Å². The molecule has 1 aliphatic heterocycles. The van der Waals surface area contributed by atoms with Gasteiger partial charge in [-0.1, -0.05) is 103 Å². The van der Waals surface area contributed by atoms with Crippen molar-refractivity contribution in [3.05, 3.63) is 11.6 Å². The molecule has 43 heavy (non-hydrogen) atoms. The van der Waals surface area contributed by atoms with Gasteiger partial charge in [0, 0.05) is 12.0 Å². The van der Waals surface area contributed by atoms with Crippen LogP contribution in [0.5, 0.6) is 0 Å². The fourth-order valence-corrected chi connectivity index (χ4v) is 5.90. The average Bonchev–Trinajstić information content (AvgIpc) is 3.29. The van der Waals surface area contributed by atoms with Crippen molar-refractivity contribution in [1.29, 1.82) is 0 Å². The molecule has 0 aromatic carbocycles. The molecule has 0 radical (unpaired) electrons. The van der Waals surface area contributed by atoms with E-state index >= 15 is 0 Å². The van der Waals surface area contributed by atoms with Gasteiger partial charge in [-0.05, 0) is 57.9 Å². The van der Waals surface area contributed by atoms with Crippen molar-refractivity contribution >= 4 is 5.97 Å². The number of esters is 1. The maximum atomic E-state index is 11.6. The Morgan fingerprint density at radius 2 is 0.930 bits per heavy atom. The average molecular weight is 615 g/mol. The van der Waals surface area contributed by atoms with Gasteiger partial charge in [-0.2, -0.15) is 0 Å². The van der Waals surface area contributed by atoms with E-state index in [1.807, 2.05) is 0 Å². The number of ether oxygens (including phenoxy) is 1. The molecule has 7 atom stereocenters. The first-order valence-corrected chi connectivity index (χ1v) is 17.6. The summed E-state index contributed by atoms with van der Waals surface area (Å²) in [7, 11) is 0. The molecule has 8 nitrogen and oxygen atoms in total. The quantitative estimate of drug-likeness (QED) is 0.0443. The minimum Gasteiger partial charge on any atom is -0.455 e. The number of carbonyl (C=O) groups is 1. The highest BCUT2D eigenvalue weighted by Gasteiger charge is 2.24. The number of hydrogen-bond donors (Lipinski definition) is 6. The van der Waals surface area contributed by atoms with Crippen LogP contribution in [-0.4, -0.2) is 79.3 Å². The number of hydrogen-bond acceptors (Lipinski definition) is 8. The lowest BCUT2D eigenvalue weighted by molar-refractivity contribution is -0.139. The second-order valence-corrected chi connectivity index (χ2v) is 13.1. The Hall–Kier alpha value is -1.03. The van der Waals surface area contributed by atoms with Crippen molar-refractivity contribution in [3.63, 3.8) is 0 Å². The molecule has 0 saturated heterocycles. The summed E-state index contributed by atoms with van der Waals surface area (Å²) >= 11 is 0. The highest BCUT2D eigenvalue weighted by atomic mass is 16.5. The molecule has 8 heteroatoms. The standard InChI is InChI=1S/C35H66O8/c1-3-4-5-6-7-8-9-10-11-15-21-31(38)33(40)23-24-34(41)32(39)22-17-16-19-29(36)18-13-12-14-20-30(37)26-28-25-27(2)43-35(28)42/h25,27,29-34,36-41H,3-24,26H2,1-2H3/t27?,29?,30?,31-,32-,33-,34+/m1/s1. The van der Waals surface area contributed by atoms with Crippen LogP contribution in [0.4, 0.5) is 0 Å². The topological polar surface area (TPSA) is 148 Å². The van der Waals surface area contributed by atoms with Gasteiger partial charge in [-0.3, -0.25) is 0 Å². The smallest absolute Gasteiger partial charge is 0.334 e. The lowest BCUT2D eigenvalue weighted by Crippen LogP contribution is -2.31. The molecule has 0 saturated carbocycles. The third-order valence-electron chi connectivity index (χ3n) is 8.81. The first-order valence-electron chi connectivity index (χ1n) is 17.6. The van der Waals surface area contributed by atoms with Gasteiger partial charge in [0.25, 0.3) is 0 Å². The van der Waals surface area contributed by atoms with Crippen LogP contribution in [0.15, 0.2) is 11.6 Å². The second-order valence-electron chi connectivity index (χ2n) is 13.1. The summed E-state index contributed by atoms with van der Waals surface area (Å²) in [5, 5.41) is 61.5. The minimum absolute atomic E-state index is 0.215. The summed E-state index contributed by atoms with van der Waals surface area (Å²) in [6, 6.07) is 0. The van der Waals surface area contributed by atoms with Gasteiger partial charge in [0.2, 0.25) is 0 Å². The Morgan fingerprint density at radius 3 is 1.42 bits per heavy atom. The van der Waals surface area contributed by atoms with E-state index in [0.29, 0.717) is 50.5 Å². The molecule has 1 rings (SSSR count). The van der Waals surface area contributed by atoms with Crippen LogP contribution in [-0.2, 0) is 9.53 Å². The van der Waals surface area contributed by atoms with Crippen LogP contribution < -0.4 is 0 Å². The van der Waals surface area contributed by atoms with E-state index < -0.39 is 36.6 Å². The molecule has 1 heterocycles. The van der Waals surface area contributed by atoms with E-state index in [1.54, 1.807) is 13.0 Å². The van der Waals surface area contributed by atoms with Gasteiger partial charge in [-0.25, -0.2) is 4.79 Å². The Balaban J connectivity index is 1.99. The van der Waals surface area contributed by atoms with E-state index in [4.69, 9.17) is 4.74 Å². The van der Waals surface area contributed by atoms with Crippen LogP contribution in [0.3, 0.4) is 0 Å². The molecule has 0 aromatic rings. The van der Waals surface area contributed by atoms with Gasteiger partial charge >= 0.3 is 5.97 Å². The zero-order valence-corrected chi connectivity index (χ0v) is 27.4. The first-order chi connectivity index (χ1) is 20.6. The number of unbranched alkanes of at least 4 members (excludes halogenated alkanes) is 12. The SMILES string of the molecule is CCCCCCCCCCCC[C@@H](O)[C@H](O)CC[C@H](O)[C@H](O)CCCCC(O)CCCCCC(O)CC1=CC(C)OC1=O. The lowest BCUT2D eigenvalue weighted by Gasteiger charge is -2.22. The number of rotatable bonds is 29. The molecule has 0 aliphatic carbocycles. The minimum atomic E-state index is -0.932. The summed E-state index contributed by atoms with van der Waals surface area (Å²) in [6.07, 6.45) is 17.2. The maximum Gasteiger partial charge on any atom is 0.334 e. The van der Waals surface area contributed by atoms with Crippen molar-refractivity contribution in [1.82, 2.24) is 0 Å². The van der Waals surface area contributed by atoms with Crippen molar-refractivity contribution in [3.8, 4) is 0 Å². The summed E-state index contributed by atoms with van der Waals surface area (Å²) in [6.45, 7) is 4.03. The molecule has 0 amide bonds. The highest BCUT2D eigenvalue weighted by molar-refractivity contribution is 5.90. The van der Waals surface area contributed by atoms with Gasteiger partial charge in [0.15, 0.2) is 0 Å². The Morgan fingerprint density at radius 1 is 0.558 bits per heavy atom. The predicted molar refractivity (Wildman–Crippen MR) is 172 cm³/mol. The zero-order chi connectivity index (χ0) is 31.9. The van der Waals surface area contributed by atoms with Crippen molar-refractivity contribution < 1.29 is 40.2 Å². The normalized spacial score (nSPS) is 19.5. The number of carbonyl (C=O) groups excluding carboxylic acids is 1. The second kappa shape index (κ2) is 25.2. The number of aliphatic hydroxyl groups excluding tert-OH is 6. The largest absolute Gasteiger partial charge is 0.455 e. The van der Waals surface area contributed by atoms with Crippen LogP contribution in [0, 0.1) is 0 Å². The number of aliphatic hydroxyl groups is 6. The van der Waals surface area contributed by atoms with Crippen LogP contribution in [0.2, 0.25) is 0 Å². The first kappa shape index (κ1) is 40.0. The molecule has 0 spiro atoms. The molecule has 0 aromatic heterocycles. The van der Waals surface area contributed by atoms with Crippen LogP contribution >= 0.6 is 0 Å². The third-order valence-corrected chi connectivity index (χ3v) is 8.81. The zero-order valence-electron chi connectivity index (χ0n) is 27.4. The van der Waals surface area contributed by atoms with E-state index in [9.17, 15) is 35.4 Å². The fraction of sp³-hybridized carbons (Fsp3) is 0.914. The molecule has 0 bridgehead atoms. The molecule has 254 valence electrons. The van der Waals surface area contributed by atoms with E-state index in [2.05, 4.69) is 6.92 Å². The molecule has 6 N–H and O–H groups in total. The van der Waals surface area contributed by atoms with E-state index in [0.717, 1.165) is 38.5 Å². The van der Waals surface area contributed by atoms with Crippen LogP contribution in [0.25, 0.3) is 0 Å². The summed E-state index contributed by atoms with van der Waals surface area (Å²) in [4.78, 5) is 11.6. The highest BCUT2D eigenvalue weighted by Crippen LogP contribution is 2.21. The number of cyclic esters (lactones) is 1. The fourth-order valence-electron chi connectivity index (χ4n) is 5.90. The Labute approximate surface area is 261 Å². The van der Waals surface area contributed by atoms with Crippen LogP contribution in [0.1, 0.15) is 162 Å². The lowest BCUT2D eigenvalue weighted by atomic mass is 9.96. The van der Waals surface area contributed by atoms with Gasteiger partial charge < -0.3 is 35.4 Å². The maximum absolute atomic E-state index is 11.6. The summed E-state index contributed by atoms with van der Waals surface area (Å²) in [5.74, 6) is -0.333. The summed E-state index contributed by atoms with van der Waals surface area (Å²) < 4.78 is 5.05. The Kier molecular flexibility index (Phi) is 23.4. The van der Waals surface area contributed by atoms with Gasteiger partial charge in [-0.15, -0.1) is 0 Å². The van der Waals surface area contributed by atoms with Crippen molar-refractivity contribution in [2.45, 2.75) is 204 Å². The molecule has 0 fully saturated rings. The molecule has 3 unspecified atom stereocenters. The molecular weight excluding hydrogens is 548 g/mol. The van der Waals surface area contributed by atoms with Gasteiger partial charge in [0.05, 0.1) is 36.6 Å². The van der Waals surface area contributed by atoms with E-state index in [1.165, 1.54) is 51.4 Å². The monoisotopic (exact) mass is 614 g/mol. The predicted octanol–water partition coefficient (Wildman–Crippen LogP) is 6.02. The Bertz CT molecular complexity index is 714. The molecule has 1 aliphatic rings. The third kappa shape index (κ3) is 20.6. The summed E-state index contributed by atoms with van der Waals surface area (Å²) in [5.41, 5.74) is 0.555. The van der Waals surface area contributed by atoms with Crippen molar-refractivity contribution in [2.24, 2.45) is 0 Å². The van der Waals surface area contributed by atoms with Crippen molar-refractivity contribution in [2.75, 3.05) is 0 Å². The van der Waals surface area contributed by atoms with E-state index in [-0.39, 0.29) is 24.9 Å².